The molecule has 6 nitrogen and oxygen atoms in total. The lowest BCUT2D eigenvalue weighted by molar-refractivity contribution is -0.133. The molecule has 25 heavy (non-hydrogen) atoms. The number of aromatic nitrogens is 2. The maximum absolute atomic E-state index is 12.2. The fourth-order valence-electron chi connectivity index (χ4n) is 2.48. The highest BCUT2D eigenvalue weighted by atomic mass is 16.5. The number of aryl methyl sites for hydroxylation is 1. The molecule has 0 saturated carbocycles. The van der Waals surface area contributed by atoms with E-state index in [0.29, 0.717) is 11.9 Å². The van der Waals surface area contributed by atoms with Crippen LogP contribution < -0.4 is 0 Å². The van der Waals surface area contributed by atoms with Gasteiger partial charge in [0.05, 0.1) is 5.52 Å². The van der Waals surface area contributed by atoms with Crippen LogP contribution in [0.4, 0.5) is 0 Å². The van der Waals surface area contributed by atoms with E-state index in [9.17, 15) is 9.59 Å². The largest absolute Gasteiger partial charge is 0.451 e. The van der Waals surface area contributed by atoms with Crippen LogP contribution in [0.25, 0.3) is 10.9 Å². The molecule has 6 heteroatoms. The third-order valence-corrected chi connectivity index (χ3v) is 3.96. The molecule has 0 spiro atoms. The number of carbonyl (C=O) groups is 2. The van der Waals surface area contributed by atoms with Gasteiger partial charge in [-0.25, -0.2) is 4.79 Å². The minimum atomic E-state index is -0.616. The maximum Gasteiger partial charge on any atom is 0.359 e. The Morgan fingerprint density at radius 3 is 2.60 bits per heavy atom. The minimum absolute atomic E-state index is 0.185. The number of amides is 1. The highest BCUT2D eigenvalue weighted by molar-refractivity contribution is 6.02. The Kier molecular flexibility index (Phi) is 4.79. The van der Waals surface area contributed by atoms with E-state index in [-0.39, 0.29) is 18.2 Å². The van der Waals surface area contributed by atoms with Crippen LogP contribution in [-0.2, 0) is 16.1 Å². The summed E-state index contributed by atoms with van der Waals surface area (Å²) >= 11 is 0. The number of nitrogens with zero attached hydrogens (tertiary/aromatic N) is 2. The predicted molar refractivity (Wildman–Crippen MR) is 94.0 cm³/mol. The Labute approximate surface area is 145 Å². The van der Waals surface area contributed by atoms with Gasteiger partial charge in [0.1, 0.15) is 0 Å². The van der Waals surface area contributed by atoms with Gasteiger partial charge in [0.25, 0.3) is 5.91 Å². The summed E-state index contributed by atoms with van der Waals surface area (Å²) < 4.78 is 5.12. The summed E-state index contributed by atoms with van der Waals surface area (Å²) in [5.41, 5.74) is 3.12. The molecule has 0 bridgehead atoms. The standard InChI is InChI=1S/C19H19N3O3/c1-13-7-9-14(10-8-13)11-22(2)17(23)12-25-19(24)18-15-5-3-4-6-16(15)20-21-18/h3-10H,11-12H2,1-2H3,(H,20,21). The van der Waals surface area contributed by atoms with Gasteiger partial charge in [-0.1, -0.05) is 48.0 Å². The Morgan fingerprint density at radius 1 is 1.12 bits per heavy atom. The number of hydrogen-bond acceptors (Lipinski definition) is 4. The lowest BCUT2D eigenvalue weighted by atomic mass is 10.1. The van der Waals surface area contributed by atoms with Gasteiger partial charge in [0, 0.05) is 19.0 Å². The minimum Gasteiger partial charge on any atom is -0.451 e. The smallest absolute Gasteiger partial charge is 0.359 e. The van der Waals surface area contributed by atoms with Crippen molar-refractivity contribution in [3.8, 4) is 0 Å². The molecule has 0 radical (unpaired) electrons. The fourth-order valence-corrected chi connectivity index (χ4v) is 2.48. The van der Waals surface area contributed by atoms with E-state index in [4.69, 9.17) is 4.74 Å². The Balaban J connectivity index is 1.57. The van der Waals surface area contributed by atoms with Crippen LogP contribution in [0.3, 0.4) is 0 Å². The first-order valence-electron chi connectivity index (χ1n) is 7.94. The zero-order valence-corrected chi connectivity index (χ0v) is 14.2. The molecule has 1 N–H and O–H groups in total. The van der Waals surface area contributed by atoms with E-state index in [0.717, 1.165) is 16.6 Å². The number of aromatic amines is 1. The van der Waals surface area contributed by atoms with Crippen LogP contribution in [0, 0.1) is 6.92 Å². The van der Waals surface area contributed by atoms with E-state index < -0.39 is 5.97 Å². The summed E-state index contributed by atoms with van der Waals surface area (Å²) in [6, 6.07) is 15.2. The van der Waals surface area contributed by atoms with Crippen molar-refractivity contribution in [3.05, 3.63) is 65.4 Å². The number of nitrogens with one attached hydrogen (secondary N) is 1. The summed E-state index contributed by atoms with van der Waals surface area (Å²) in [6.45, 7) is 2.15. The highest BCUT2D eigenvalue weighted by Crippen LogP contribution is 2.16. The summed E-state index contributed by atoms with van der Waals surface area (Å²) in [4.78, 5) is 25.9. The molecule has 0 saturated heterocycles. The quantitative estimate of drug-likeness (QED) is 0.726. The van der Waals surface area contributed by atoms with Gasteiger partial charge >= 0.3 is 5.97 Å². The summed E-state index contributed by atoms with van der Waals surface area (Å²) in [5.74, 6) is -0.886. The van der Waals surface area contributed by atoms with Crippen molar-refractivity contribution in [2.45, 2.75) is 13.5 Å². The van der Waals surface area contributed by atoms with E-state index in [1.54, 1.807) is 13.1 Å². The number of H-pyrrole nitrogens is 1. The first-order valence-corrected chi connectivity index (χ1v) is 7.94. The summed E-state index contributed by atoms with van der Waals surface area (Å²) in [7, 11) is 1.68. The van der Waals surface area contributed by atoms with Gasteiger partial charge in [-0.3, -0.25) is 9.89 Å². The van der Waals surface area contributed by atoms with Gasteiger partial charge in [-0.2, -0.15) is 5.10 Å². The molecular weight excluding hydrogens is 318 g/mol. The average molecular weight is 337 g/mol. The van der Waals surface area contributed by atoms with Gasteiger partial charge in [0.15, 0.2) is 12.3 Å². The van der Waals surface area contributed by atoms with E-state index in [1.165, 1.54) is 4.90 Å². The third kappa shape index (κ3) is 3.85. The predicted octanol–water partition coefficient (Wildman–Crippen LogP) is 2.69. The average Bonchev–Trinajstić information content (AvgIpc) is 3.05. The Morgan fingerprint density at radius 2 is 1.84 bits per heavy atom. The molecule has 0 aliphatic rings. The first-order chi connectivity index (χ1) is 12.0. The lowest BCUT2D eigenvalue weighted by Gasteiger charge is -2.17. The topological polar surface area (TPSA) is 75.3 Å². The molecule has 0 aliphatic carbocycles. The van der Waals surface area contributed by atoms with E-state index in [2.05, 4.69) is 10.2 Å². The number of hydrogen-bond donors (Lipinski definition) is 1. The van der Waals surface area contributed by atoms with Crippen LogP contribution >= 0.6 is 0 Å². The highest BCUT2D eigenvalue weighted by Gasteiger charge is 2.18. The molecular formula is C19H19N3O3. The third-order valence-electron chi connectivity index (χ3n) is 3.96. The summed E-state index contributed by atoms with van der Waals surface area (Å²) in [6.07, 6.45) is 0. The van der Waals surface area contributed by atoms with Crippen LogP contribution in [-0.4, -0.2) is 40.6 Å². The molecule has 3 aromatic rings. The normalized spacial score (nSPS) is 10.6. The molecule has 1 amide bonds. The second-order valence-electron chi connectivity index (χ2n) is 5.93. The number of ether oxygens (including phenoxy) is 1. The van der Waals surface area contributed by atoms with Crippen molar-refractivity contribution in [1.82, 2.24) is 15.1 Å². The van der Waals surface area contributed by atoms with Gasteiger partial charge in [-0.05, 0) is 18.6 Å². The van der Waals surface area contributed by atoms with Crippen molar-refractivity contribution in [3.63, 3.8) is 0 Å². The zero-order valence-electron chi connectivity index (χ0n) is 14.2. The van der Waals surface area contributed by atoms with Crippen LogP contribution in [0.5, 0.6) is 0 Å². The number of carbonyl (C=O) groups excluding carboxylic acids is 2. The lowest BCUT2D eigenvalue weighted by Crippen LogP contribution is -2.30. The maximum atomic E-state index is 12.2. The molecule has 3 rings (SSSR count). The number of benzene rings is 2. The molecule has 0 fully saturated rings. The van der Waals surface area contributed by atoms with Gasteiger partial charge < -0.3 is 9.64 Å². The second kappa shape index (κ2) is 7.17. The number of rotatable bonds is 5. The van der Waals surface area contributed by atoms with Crippen molar-refractivity contribution in [2.75, 3.05) is 13.7 Å². The SMILES string of the molecule is Cc1ccc(CN(C)C(=O)COC(=O)c2n[nH]c3ccccc23)cc1. The number of likely N-dealkylation sites (N-methyl/N-ethyl adjacent to an activating group) is 1. The van der Waals surface area contributed by atoms with Gasteiger partial charge in [-0.15, -0.1) is 0 Å². The number of fused-ring (bicyclic) bond motifs is 1. The van der Waals surface area contributed by atoms with Crippen molar-refractivity contribution < 1.29 is 14.3 Å². The fraction of sp³-hybridized carbons (Fsp3) is 0.211. The molecule has 0 unspecified atom stereocenters. The first kappa shape index (κ1) is 16.7. The van der Waals surface area contributed by atoms with E-state index >= 15 is 0 Å². The number of para-hydroxylation sites is 1. The molecule has 1 heterocycles. The van der Waals surface area contributed by atoms with E-state index in [1.807, 2.05) is 49.4 Å². The Hall–Kier alpha value is -3.15. The monoisotopic (exact) mass is 337 g/mol. The van der Waals surface area contributed by atoms with Crippen LogP contribution in [0.2, 0.25) is 0 Å². The molecule has 0 aliphatic heterocycles. The molecule has 128 valence electrons. The van der Waals surface area contributed by atoms with Crippen LogP contribution in [0.15, 0.2) is 48.5 Å². The molecule has 1 aromatic heterocycles. The van der Waals surface area contributed by atoms with Crippen molar-refractivity contribution >= 4 is 22.8 Å². The number of esters is 1. The summed E-state index contributed by atoms with van der Waals surface area (Å²) in [5, 5.41) is 7.41. The van der Waals surface area contributed by atoms with Gasteiger partial charge in [0.2, 0.25) is 0 Å². The zero-order chi connectivity index (χ0) is 17.8. The van der Waals surface area contributed by atoms with Crippen LogP contribution in [0.1, 0.15) is 21.6 Å². The molecule has 0 atom stereocenters. The molecule has 2 aromatic carbocycles. The van der Waals surface area contributed by atoms with Crippen molar-refractivity contribution in [2.24, 2.45) is 0 Å². The van der Waals surface area contributed by atoms with Crippen molar-refractivity contribution in [1.29, 1.82) is 0 Å². The Bertz CT molecular complexity index is 900. The second-order valence-corrected chi connectivity index (χ2v) is 5.93.